The minimum Gasteiger partial charge on any atom is -0.353 e. The normalized spacial score (nSPS) is 10.6. The molecule has 0 aromatic rings. The number of carbonyl (C=O) groups is 1. The second-order valence-electron chi connectivity index (χ2n) is 1.99. The van der Waals surface area contributed by atoms with Crippen LogP contribution in [0.2, 0.25) is 0 Å². The summed E-state index contributed by atoms with van der Waals surface area (Å²) in [6, 6.07) is 0. The van der Waals surface area contributed by atoms with Crippen molar-refractivity contribution in [3.8, 4) is 0 Å². The van der Waals surface area contributed by atoms with Crippen molar-refractivity contribution in [2.75, 3.05) is 6.54 Å². The summed E-state index contributed by atoms with van der Waals surface area (Å²) in [7, 11) is 0. The molecule has 0 saturated heterocycles. The van der Waals surface area contributed by atoms with Crippen molar-refractivity contribution in [2.45, 2.75) is 6.92 Å². The van der Waals surface area contributed by atoms with Crippen LogP contribution in [0, 0.1) is 0 Å². The summed E-state index contributed by atoms with van der Waals surface area (Å²) in [6.45, 7) is 5.59. The predicted molar refractivity (Wildman–Crippen MR) is 47.2 cm³/mol. The Morgan fingerprint density at radius 2 is 2.18 bits per heavy atom. The number of carbonyl (C=O) groups excluding carboxylic acids is 1. The SMILES string of the molecule is C=C/C=C\C=C/CNC(C)=O. The van der Waals surface area contributed by atoms with Gasteiger partial charge in [0.25, 0.3) is 0 Å². The number of hydrogen-bond acceptors (Lipinski definition) is 1. The number of allylic oxidation sites excluding steroid dienone is 4. The fourth-order valence-corrected chi connectivity index (χ4v) is 0.492. The molecule has 0 rings (SSSR count). The molecule has 0 atom stereocenters. The molecule has 0 aromatic heterocycles. The molecule has 0 aliphatic rings. The molecule has 2 heteroatoms. The molecule has 0 aliphatic heterocycles. The Labute approximate surface area is 67.3 Å². The zero-order chi connectivity index (χ0) is 8.53. The van der Waals surface area contributed by atoms with Crippen LogP contribution in [0.3, 0.4) is 0 Å². The first-order valence-corrected chi connectivity index (χ1v) is 3.46. The summed E-state index contributed by atoms with van der Waals surface area (Å²) in [5, 5.41) is 2.64. The molecule has 0 bridgehead atoms. The van der Waals surface area contributed by atoms with Crippen molar-refractivity contribution in [3.05, 3.63) is 37.0 Å². The van der Waals surface area contributed by atoms with E-state index >= 15 is 0 Å². The Hall–Kier alpha value is -1.31. The van der Waals surface area contributed by atoms with Gasteiger partial charge in [0.2, 0.25) is 5.91 Å². The summed E-state index contributed by atoms with van der Waals surface area (Å²) in [5.41, 5.74) is 0. The number of nitrogens with one attached hydrogen (secondary N) is 1. The third kappa shape index (κ3) is 8.69. The zero-order valence-corrected chi connectivity index (χ0v) is 6.71. The van der Waals surface area contributed by atoms with Gasteiger partial charge in [-0.05, 0) is 0 Å². The van der Waals surface area contributed by atoms with Gasteiger partial charge < -0.3 is 5.32 Å². The van der Waals surface area contributed by atoms with E-state index in [0.717, 1.165) is 0 Å². The quantitative estimate of drug-likeness (QED) is 0.605. The van der Waals surface area contributed by atoms with Crippen LogP contribution in [-0.2, 0) is 4.79 Å². The van der Waals surface area contributed by atoms with E-state index in [0.29, 0.717) is 6.54 Å². The Kier molecular flexibility index (Phi) is 5.99. The van der Waals surface area contributed by atoms with Crippen LogP contribution < -0.4 is 5.32 Å². The van der Waals surface area contributed by atoms with Gasteiger partial charge in [-0.15, -0.1) is 0 Å². The second kappa shape index (κ2) is 6.81. The standard InChI is InChI=1S/C9H13NO/c1-3-4-5-6-7-8-10-9(2)11/h3-7H,1,8H2,2H3,(H,10,11)/b5-4-,7-6-. The van der Waals surface area contributed by atoms with E-state index in [1.807, 2.05) is 24.3 Å². The summed E-state index contributed by atoms with van der Waals surface area (Å²) in [6.07, 6.45) is 9.10. The number of rotatable bonds is 4. The van der Waals surface area contributed by atoms with Crippen molar-refractivity contribution in [1.82, 2.24) is 5.32 Å². The second-order valence-corrected chi connectivity index (χ2v) is 1.99. The fourth-order valence-electron chi connectivity index (χ4n) is 0.492. The molecule has 0 spiro atoms. The molecule has 0 saturated carbocycles. The van der Waals surface area contributed by atoms with Gasteiger partial charge in [0.05, 0.1) is 0 Å². The number of amides is 1. The first-order valence-electron chi connectivity index (χ1n) is 3.46. The maximum Gasteiger partial charge on any atom is 0.217 e. The molecule has 0 fully saturated rings. The van der Waals surface area contributed by atoms with Gasteiger partial charge in [-0.3, -0.25) is 4.79 Å². The highest BCUT2D eigenvalue weighted by atomic mass is 16.1. The van der Waals surface area contributed by atoms with Crippen molar-refractivity contribution in [1.29, 1.82) is 0 Å². The van der Waals surface area contributed by atoms with Crippen molar-refractivity contribution in [2.24, 2.45) is 0 Å². The lowest BCUT2D eigenvalue weighted by molar-refractivity contribution is -0.118. The molecule has 0 aromatic carbocycles. The Morgan fingerprint density at radius 1 is 1.45 bits per heavy atom. The van der Waals surface area contributed by atoms with E-state index in [9.17, 15) is 4.79 Å². The maximum absolute atomic E-state index is 10.4. The molecule has 2 nitrogen and oxygen atoms in total. The molecule has 60 valence electrons. The van der Waals surface area contributed by atoms with Gasteiger partial charge in [-0.25, -0.2) is 0 Å². The summed E-state index contributed by atoms with van der Waals surface area (Å²) in [4.78, 5) is 10.4. The molecule has 0 radical (unpaired) electrons. The van der Waals surface area contributed by atoms with Crippen LogP contribution in [0.4, 0.5) is 0 Å². The van der Waals surface area contributed by atoms with Gasteiger partial charge in [0.15, 0.2) is 0 Å². The third-order valence-electron chi connectivity index (χ3n) is 0.963. The maximum atomic E-state index is 10.4. The molecule has 0 heterocycles. The summed E-state index contributed by atoms with van der Waals surface area (Å²) >= 11 is 0. The topological polar surface area (TPSA) is 29.1 Å². The fraction of sp³-hybridized carbons (Fsp3) is 0.222. The van der Waals surface area contributed by atoms with Crippen molar-refractivity contribution < 1.29 is 4.79 Å². The molecule has 1 amide bonds. The first kappa shape index (κ1) is 9.69. The van der Waals surface area contributed by atoms with E-state index < -0.39 is 0 Å². The molecule has 1 N–H and O–H groups in total. The van der Waals surface area contributed by atoms with Crippen LogP contribution in [-0.4, -0.2) is 12.5 Å². The van der Waals surface area contributed by atoms with Crippen molar-refractivity contribution >= 4 is 5.91 Å². The predicted octanol–water partition coefficient (Wildman–Crippen LogP) is 1.42. The van der Waals surface area contributed by atoms with Gasteiger partial charge in [0, 0.05) is 13.5 Å². The molecular weight excluding hydrogens is 138 g/mol. The zero-order valence-electron chi connectivity index (χ0n) is 6.71. The van der Waals surface area contributed by atoms with E-state index in [4.69, 9.17) is 0 Å². The van der Waals surface area contributed by atoms with Gasteiger partial charge in [-0.2, -0.15) is 0 Å². The van der Waals surface area contributed by atoms with Crippen LogP contribution in [0.5, 0.6) is 0 Å². The van der Waals surface area contributed by atoms with E-state index in [-0.39, 0.29) is 5.91 Å². The molecular formula is C9H13NO. The third-order valence-corrected chi connectivity index (χ3v) is 0.963. The van der Waals surface area contributed by atoms with E-state index in [1.165, 1.54) is 6.92 Å². The summed E-state index contributed by atoms with van der Waals surface area (Å²) in [5.74, 6) is -0.0117. The minimum absolute atomic E-state index is 0.0117. The highest BCUT2D eigenvalue weighted by Crippen LogP contribution is 1.76. The monoisotopic (exact) mass is 151 g/mol. The van der Waals surface area contributed by atoms with Gasteiger partial charge in [0.1, 0.15) is 0 Å². The Morgan fingerprint density at radius 3 is 2.73 bits per heavy atom. The highest BCUT2D eigenvalue weighted by molar-refractivity contribution is 5.72. The van der Waals surface area contributed by atoms with Crippen LogP contribution in [0.25, 0.3) is 0 Å². The Balaban J connectivity index is 3.37. The van der Waals surface area contributed by atoms with Crippen molar-refractivity contribution in [3.63, 3.8) is 0 Å². The summed E-state index contributed by atoms with van der Waals surface area (Å²) < 4.78 is 0. The average Bonchev–Trinajstić information content (AvgIpc) is 1.96. The van der Waals surface area contributed by atoms with Gasteiger partial charge >= 0.3 is 0 Å². The lowest BCUT2D eigenvalue weighted by atomic mass is 10.4. The molecule has 0 aliphatic carbocycles. The van der Waals surface area contributed by atoms with E-state index in [1.54, 1.807) is 6.08 Å². The first-order chi connectivity index (χ1) is 5.27. The van der Waals surface area contributed by atoms with E-state index in [2.05, 4.69) is 11.9 Å². The minimum atomic E-state index is -0.0117. The van der Waals surface area contributed by atoms with Crippen LogP contribution >= 0.6 is 0 Å². The molecule has 0 unspecified atom stereocenters. The number of hydrogen-bond donors (Lipinski definition) is 1. The van der Waals surface area contributed by atoms with Crippen LogP contribution in [0.15, 0.2) is 37.0 Å². The smallest absolute Gasteiger partial charge is 0.217 e. The van der Waals surface area contributed by atoms with Crippen LogP contribution in [0.1, 0.15) is 6.92 Å². The lowest BCUT2D eigenvalue weighted by Gasteiger charge is -1.92. The molecule has 11 heavy (non-hydrogen) atoms. The Bertz CT molecular complexity index is 180. The van der Waals surface area contributed by atoms with Gasteiger partial charge in [-0.1, -0.05) is 37.0 Å². The average molecular weight is 151 g/mol. The highest BCUT2D eigenvalue weighted by Gasteiger charge is 1.82. The lowest BCUT2D eigenvalue weighted by Crippen LogP contribution is -2.19. The largest absolute Gasteiger partial charge is 0.353 e.